The van der Waals surface area contributed by atoms with Gasteiger partial charge in [-0.05, 0) is 62.1 Å². The molecule has 2 rings (SSSR count). The number of aryl methyl sites for hydroxylation is 2. The standard InChI is InChI=1S/C20H23NO4/c1-12-8-9-15(10-13(12)2)20(4,11-22)21-18(23)16-6-5-7-17(14(16)3)19(24)25/h5-10,22H,11H2,1-4H3,(H,21,23)(H,24,25). The van der Waals surface area contributed by atoms with Crippen LogP contribution in [0.3, 0.4) is 0 Å². The van der Waals surface area contributed by atoms with Gasteiger partial charge in [0.15, 0.2) is 0 Å². The first-order valence-electron chi connectivity index (χ1n) is 8.03. The van der Waals surface area contributed by atoms with Crippen LogP contribution in [0.2, 0.25) is 0 Å². The zero-order chi connectivity index (χ0) is 18.8. The summed E-state index contributed by atoms with van der Waals surface area (Å²) in [4.78, 5) is 24.0. The molecule has 0 heterocycles. The Labute approximate surface area is 147 Å². The summed E-state index contributed by atoms with van der Waals surface area (Å²) in [7, 11) is 0. The van der Waals surface area contributed by atoms with E-state index in [4.69, 9.17) is 0 Å². The van der Waals surface area contributed by atoms with Crippen molar-refractivity contribution in [3.05, 3.63) is 69.8 Å². The van der Waals surface area contributed by atoms with Gasteiger partial charge in [-0.3, -0.25) is 4.79 Å². The fourth-order valence-corrected chi connectivity index (χ4v) is 2.72. The summed E-state index contributed by atoms with van der Waals surface area (Å²) in [5.74, 6) is -1.50. The second-order valence-corrected chi connectivity index (χ2v) is 6.53. The number of nitrogens with one attached hydrogen (secondary N) is 1. The lowest BCUT2D eigenvalue weighted by atomic mass is 9.89. The molecule has 132 valence electrons. The molecule has 2 aromatic rings. The predicted molar refractivity (Wildman–Crippen MR) is 96.0 cm³/mol. The number of aromatic carboxylic acids is 1. The van der Waals surface area contributed by atoms with Gasteiger partial charge in [-0.15, -0.1) is 0 Å². The number of carbonyl (C=O) groups is 2. The van der Waals surface area contributed by atoms with Gasteiger partial charge in [0.1, 0.15) is 0 Å². The van der Waals surface area contributed by atoms with Crippen molar-refractivity contribution in [2.24, 2.45) is 0 Å². The molecule has 1 amide bonds. The minimum atomic E-state index is -1.08. The van der Waals surface area contributed by atoms with Crippen molar-refractivity contribution in [1.29, 1.82) is 0 Å². The number of carboxylic acid groups (broad SMARTS) is 1. The Morgan fingerprint density at radius 1 is 1.04 bits per heavy atom. The van der Waals surface area contributed by atoms with Gasteiger partial charge < -0.3 is 15.5 Å². The molecule has 0 aliphatic carbocycles. The third kappa shape index (κ3) is 3.72. The van der Waals surface area contributed by atoms with Crippen LogP contribution in [0, 0.1) is 20.8 Å². The van der Waals surface area contributed by atoms with Gasteiger partial charge in [0.2, 0.25) is 0 Å². The molecule has 0 aliphatic rings. The molecular formula is C20H23NO4. The number of benzene rings is 2. The number of hydrogen-bond acceptors (Lipinski definition) is 3. The second kappa shape index (κ2) is 7.07. The van der Waals surface area contributed by atoms with Crippen molar-refractivity contribution < 1.29 is 19.8 Å². The lowest BCUT2D eigenvalue weighted by Gasteiger charge is -2.30. The average molecular weight is 341 g/mol. The fourth-order valence-electron chi connectivity index (χ4n) is 2.72. The van der Waals surface area contributed by atoms with E-state index in [-0.39, 0.29) is 17.7 Å². The van der Waals surface area contributed by atoms with E-state index in [9.17, 15) is 19.8 Å². The molecule has 0 radical (unpaired) electrons. The van der Waals surface area contributed by atoms with Crippen LogP contribution < -0.4 is 5.32 Å². The van der Waals surface area contributed by atoms with Crippen molar-refractivity contribution in [3.63, 3.8) is 0 Å². The summed E-state index contributed by atoms with van der Waals surface area (Å²) in [5.41, 5.74) is 2.77. The minimum absolute atomic E-state index is 0.0875. The topological polar surface area (TPSA) is 86.6 Å². The summed E-state index contributed by atoms with van der Waals surface area (Å²) < 4.78 is 0. The molecule has 1 unspecified atom stereocenters. The third-order valence-electron chi connectivity index (χ3n) is 4.66. The maximum atomic E-state index is 12.7. The molecule has 0 aliphatic heterocycles. The van der Waals surface area contributed by atoms with E-state index in [2.05, 4.69) is 5.32 Å². The molecule has 1 atom stereocenters. The van der Waals surface area contributed by atoms with Crippen LogP contribution in [-0.4, -0.2) is 28.7 Å². The number of amides is 1. The van der Waals surface area contributed by atoms with Crippen molar-refractivity contribution in [2.75, 3.05) is 6.61 Å². The van der Waals surface area contributed by atoms with Gasteiger partial charge >= 0.3 is 5.97 Å². The molecule has 5 heteroatoms. The van der Waals surface area contributed by atoms with Crippen molar-refractivity contribution in [3.8, 4) is 0 Å². The van der Waals surface area contributed by atoms with Crippen molar-refractivity contribution in [1.82, 2.24) is 5.32 Å². The number of aliphatic hydroxyl groups is 1. The first-order valence-corrected chi connectivity index (χ1v) is 8.03. The van der Waals surface area contributed by atoms with E-state index in [0.29, 0.717) is 5.56 Å². The zero-order valence-electron chi connectivity index (χ0n) is 14.9. The highest BCUT2D eigenvalue weighted by Gasteiger charge is 2.29. The van der Waals surface area contributed by atoms with Gasteiger partial charge in [-0.25, -0.2) is 4.79 Å². The minimum Gasteiger partial charge on any atom is -0.478 e. The normalized spacial score (nSPS) is 13.2. The van der Waals surface area contributed by atoms with Crippen LogP contribution in [0.4, 0.5) is 0 Å². The molecule has 5 nitrogen and oxygen atoms in total. The number of hydrogen-bond donors (Lipinski definition) is 3. The van der Waals surface area contributed by atoms with Gasteiger partial charge in [0.25, 0.3) is 5.91 Å². The van der Waals surface area contributed by atoms with Gasteiger partial charge in [0, 0.05) is 5.56 Å². The number of carbonyl (C=O) groups excluding carboxylic acids is 1. The third-order valence-corrected chi connectivity index (χ3v) is 4.66. The van der Waals surface area contributed by atoms with Crippen LogP contribution in [0.5, 0.6) is 0 Å². The van der Waals surface area contributed by atoms with Crippen LogP contribution in [0.1, 0.15) is 49.9 Å². The van der Waals surface area contributed by atoms with Crippen LogP contribution >= 0.6 is 0 Å². The van der Waals surface area contributed by atoms with Crippen molar-refractivity contribution in [2.45, 2.75) is 33.2 Å². The van der Waals surface area contributed by atoms with E-state index in [0.717, 1.165) is 16.7 Å². The Morgan fingerprint density at radius 2 is 1.68 bits per heavy atom. The molecule has 0 aromatic heterocycles. The highest BCUT2D eigenvalue weighted by atomic mass is 16.4. The van der Waals surface area contributed by atoms with E-state index in [1.54, 1.807) is 19.9 Å². The van der Waals surface area contributed by atoms with E-state index < -0.39 is 17.4 Å². The molecular weight excluding hydrogens is 318 g/mol. The van der Waals surface area contributed by atoms with Crippen LogP contribution in [0.15, 0.2) is 36.4 Å². The number of aliphatic hydroxyl groups excluding tert-OH is 1. The Hall–Kier alpha value is -2.66. The number of rotatable bonds is 5. The van der Waals surface area contributed by atoms with Gasteiger partial charge in [0.05, 0.1) is 17.7 Å². The number of carboxylic acids is 1. The Kier molecular flexibility index (Phi) is 5.28. The largest absolute Gasteiger partial charge is 0.478 e. The fraction of sp³-hybridized carbons (Fsp3) is 0.300. The Morgan fingerprint density at radius 3 is 2.24 bits per heavy atom. The average Bonchev–Trinajstić information content (AvgIpc) is 2.56. The van der Waals surface area contributed by atoms with E-state index in [1.807, 2.05) is 32.0 Å². The van der Waals surface area contributed by atoms with Gasteiger partial charge in [-0.1, -0.05) is 24.3 Å². The molecule has 0 saturated heterocycles. The smallest absolute Gasteiger partial charge is 0.335 e. The molecule has 0 spiro atoms. The summed E-state index contributed by atoms with van der Waals surface area (Å²) in [5, 5.41) is 22.0. The van der Waals surface area contributed by atoms with Crippen LogP contribution in [-0.2, 0) is 5.54 Å². The molecule has 0 fully saturated rings. The van der Waals surface area contributed by atoms with E-state index >= 15 is 0 Å². The molecule has 0 bridgehead atoms. The summed E-state index contributed by atoms with van der Waals surface area (Å²) in [6.45, 7) is 7.03. The molecule has 0 saturated carbocycles. The summed E-state index contributed by atoms with van der Waals surface area (Å²) in [6, 6.07) is 10.3. The van der Waals surface area contributed by atoms with Crippen LogP contribution in [0.25, 0.3) is 0 Å². The summed E-state index contributed by atoms with van der Waals surface area (Å²) in [6.07, 6.45) is 0. The lowest BCUT2D eigenvalue weighted by molar-refractivity contribution is 0.0696. The maximum absolute atomic E-state index is 12.7. The van der Waals surface area contributed by atoms with Crippen molar-refractivity contribution >= 4 is 11.9 Å². The highest BCUT2D eigenvalue weighted by Crippen LogP contribution is 2.24. The quantitative estimate of drug-likeness (QED) is 0.780. The Bertz CT molecular complexity index is 828. The van der Waals surface area contributed by atoms with E-state index in [1.165, 1.54) is 12.1 Å². The first-order chi connectivity index (χ1) is 11.7. The molecule has 25 heavy (non-hydrogen) atoms. The molecule has 2 aromatic carbocycles. The summed E-state index contributed by atoms with van der Waals surface area (Å²) >= 11 is 0. The maximum Gasteiger partial charge on any atom is 0.335 e. The van der Waals surface area contributed by atoms with Gasteiger partial charge in [-0.2, -0.15) is 0 Å². The molecule has 3 N–H and O–H groups in total. The zero-order valence-corrected chi connectivity index (χ0v) is 14.9. The lowest BCUT2D eigenvalue weighted by Crippen LogP contribution is -2.46. The first kappa shape index (κ1) is 18.7. The second-order valence-electron chi connectivity index (χ2n) is 6.53. The highest BCUT2D eigenvalue weighted by molar-refractivity contribution is 6.00. The SMILES string of the molecule is Cc1ccc(C(C)(CO)NC(=O)c2cccc(C(=O)O)c2C)cc1C. The Balaban J connectivity index is 2.38. The monoisotopic (exact) mass is 341 g/mol. The predicted octanol–water partition coefficient (Wildman–Crippen LogP) is 2.95.